The van der Waals surface area contributed by atoms with Crippen molar-refractivity contribution in [2.24, 2.45) is 5.10 Å². The maximum absolute atomic E-state index is 12.1. The first-order valence-corrected chi connectivity index (χ1v) is 6.88. The van der Waals surface area contributed by atoms with Crippen LogP contribution in [0.2, 0.25) is 0 Å². The maximum atomic E-state index is 12.1. The number of amides is 1. The molecule has 0 spiro atoms. The Morgan fingerprint density at radius 3 is 2.75 bits per heavy atom. The monoisotopic (exact) mass is 329 g/mol. The summed E-state index contributed by atoms with van der Waals surface area (Å²) in [5.74, 6) is -0.291. The number of aromatic hydroxyl groups is 1. The summed E-state index contributed by atoms with van der Waals surface area (Å²) in [6.45, 7) is 1.87. The Labute approximate surface area is 137 Å². The molecular weight excluding hydrogens is 314 g/mol. The number of phenolic OH excluding ortho intramolecular Hbond substituents is 1. The van der Waals surface area contributed by atoms with Gasteiger partial charge in [-0.05, 0) is 30.7 Å². The first kappa shape index (κ1) is 16.9. The first-order valence-electron chi connectivity index (χ1n) is 6.88. The molecule has 2 N–H and O–H groups in total. The number of nitrogens with zero attached hydrogens (tertiary/aromatic N) is 2. The third-order valence-electron chi connectivity index (χ3n) is 3.19. The molecular formula is C16H15N3O5. The van der Waals surface area contributed by atoms with Crippen molar-refractivity contribution in [1.29, 1.82) is 0 Å². The number of ether oxygens (including phenoxy) is 1. The lowest BCUT2D eigenvalue weighted by atomic mass is 10.1. The van der Waals surface area contributed by atoms with Gasteiger partial charge in [0.05, 0.1) is 23.8 Å². The van der Waals surface area contributed by atoms with Gasteiger partial charge < -0.3 is 9.84 Å². The second kappa shape index (κ2) is 7.23. The molecule has 24 heavy (non-hydrogen) atoms. The summed E-state index contributed by atoms with van der Waals surface area (Å²) >= 11 is 0. The third kappa shape index (κ3) is 3.86. The number of nitrogens with one attached hydrogen (secondary N) is 1. The highest BCUT2D eigenvalue weighted by Crippen LogP contribution is 2.21. The third-order valence-corrected chi connectivity index (χ3v) is 3.19. The van der Waals surface area contributed by atoms with Gasteiger partial charge in [-0.15, -0.1) is 0 Å². The molecule has 0 fully saturated rings. The average Bonchev–Trinajstić information content (AvgIpc) is 2.55. The highest BCUT2D eigenvalue weighted by Gasteiger charge is 2.12. The Kier molecular flexibility index (Phi) is 5.10. The number of benzene rings is 2. The van der Waals surface area contributed by atoms with Crippen LogP contribution in [-0.4, -0.2) is 29.3 Å². The van der Waals surface area contributed by atoms with Crippen LogP contribution in [0.1, 0.15) is 21.5 Å². The lowest BCUT2D eigenvalue weighted by molar-refractivity contribution is -0.384. The zero-order chi connectivity index (χ0) is 17.7. The topological polar surface area (TPSA) is 114 Å². The number of hydrogen-bond acceptors (Lipinski definition) is 6. The normalized spacial score (nSPS) is 10.6. The first-order chi connectivity index (χ1) is 11.4. The fraction of sp³-hybridized carbons (Fsp3) is 0.125. The van der Waals surface area contributed by atoms with E-state index in [-0.39, 0.29) is 17.0 Å². The largest absolute Gasteiger partial charge is 0.507 e. The minimum Gasteiger partial charge on any atom is -0.507 e. The van der Waals surface area contributed by atoms with Crippen molar-refractivity contribution in [3.8, 4) is 11.5 Å². The van der Waals surface area contributed by atoms with E-state index in [1.807, 2.05) is 6.92 Å². The molecule has 0 aromatic heterocycles. The highest BCUT2D eigenvalue weighted by molar-refractivity contribution is 5.97. The number of carbonyl (C=O) groups excluding carboxylic acids is 1. The van der Waals surface area contributed by atoms with Gasteiger partial charge in [0.2, 0.25) is 0 Å². The summed E-state index contributed by atoms with van der Waals surface area (Å²) in [7, 11) is 1.45. The molecule has 1 amide bonds. The van der Waals surface area contributed by atoms with Crippen LogP contribution in [0, 0.1) is 17.0 Å². The van der Waals surface area contributed by atoms with E-state index in [1.54, 1.807) is 18.2 Å². The van der Waals surface area contributed by atoms with Crippen LogP contribution in [-0.2, 0) is 0 Å². The smallest absolute Gasteiger partial charge is 0.275 e. The number of aryl methyl sites for hydroxylation is 1. The highest BCUT2D eigenvalue weighted by atomic mass is 16.6. The van der Waals surface area contributed by atoms with E-state index in [9.17, 15) is 20.0 Å². The summed E-state index contributed by atoms with van der Waals surface area (Å²) in [5.41, 5.74) is 3.44. The lowest BCUT2D eigenvalue weighted by Gasteiger charge is -2.07. The Bertz CT molecular complexity index is 817. The minimum atomic E-state index is -0.591. The number of non-ortho nitro benzene ring substituents is 1. The van der Waals surface area contributed by atoms with Gasteiger partial charge in [-0.3, -0.25) is 14.9 Å². The summed E-state index contributed by atoms with van der Waals surface area (Å²) in [4.78, 5) is 22.2. The van der Waals surface area contributed by atoms with Crippen LogP contribution in [0.3, 0.4) is 0 Å². The zero-order valence-electron chi connectivity index (χ0n) is 13.0. The summed E-state index contributed by atoms with van der Waals surface area (Å²) in [5, 5.41) is 24.1. The van der Waals surface area contributed by atoms with Gasteiger partial charge in [-0.2, -0.15) is 5.10 Å². The van der Waals surface area contributed by atoms with Gasteiger partial charge >= 0.3 is 0 Å². The maximum Gasteiger partial charge on any atom is 0.275 e. The molecule has 8 heteroatoms. The number of hydrogen-bond donors (Lipinski definition) is 2. The second-order valence-corrected chi connectivity index (χ2v) is 4.90. The van der Waals surface area contributed by atoms with E-state index in [2.05, 4.69) is 10.5 Å². The summed E-state index contributed by atoms with van der Waals surface area (Å²) in [6.07, 6.45) is 1.13. The molecule has 2 aromatic rings. The minimum absolute atomic E-state index is 0.111. The molecule has 0 saturated carbocycles. The Morgan fingerprint density at radius 1 is 1.33 bits per heavy atom. The zero-order valence-corrected chi connectivity index (χ0v) is 13.0. The standard InChI is InChI=1S/C16H15N3O5/c1-10-3-5-13(15(7-10)24-2)16(21)18-17-9-11-8-12(19(22)23)4-6-14(11)20/h3-9,20H,1-2H3,(H,18,21)/b17-9-. The number of methoxy groups -OCH3 is 1. The van der Waals surface area contributed by atoms with Crippen molar-refractivity contribution in [1.82, 2.24) is 5.43 Å². The molecule has 124 valence electrons. The van der Waals surface area contributed by atoms with Crippen molar-refractivity contribution < 1.29 is 19.6 Å². The lowest BCUT2D eigenvalue weighted by Crippen LogP contribution is -2.18. The molecule has 0 radical (unpaired) electrons. The van der Waals surface area contributed by atoms with Gasteiger partial charge in [0.1, 0.15) is 11.5 Å². The van der Waals surface area contributed by atoms with E-state index in [1.165, 1.54) is 19.2 Å². The number of rotatable bonds is 5. The number of nitro benzene ring substituents is 1. The fourth-order valence-electron chi connectivity index (χ4n) is 1.97. The molecule has 2 aromatic carbocycles. The molecule has 0 aliphatic rings. The number of hydrazone groups is 1. The fourth-order valence-corrected chi connectivity index (χ4v) is 1.97. The van der Waals surface area contributed by atoms with Crippen molar-refractivity contribution >= 4 is 17.8 Å². The second-order valence-electron chi connectivity index (χ2n) is 4.90. The van der Waals surface area contributed by atoms with E-state index in [0.29, 0.717) is 11.3 Å². The number of carbonyl (C=O) groups is 1. The van der Waals surface area contributed by atoms with Crippen LogP contribution >= 0.6 is 0 Å². The molecule has 0 aliphatic heterocycles. The van der Waals surface area contributed by atoms with Crippen LogP contribution in [0.25, 0.3) is 0 Å². The van der Waals surface area contributed by atoms with Gasteiger partial charge in [0, 0.05) is 17.7 Å². The van der Waals surface area contributed by atoms with Crippen molar-refractivity contribution in [3.05, 3.63) is 63.2 Å². The summed E-state index contributed by atoms with van der Waals surface area (Å²) < 4.78 is 5.15. The number of phenols is 1. The van der Waals surface area contributed by atoms with E-state index < -0.39 is 10.8 Å². The van der Waals surface area contributed by atoms with Crippen LogP contribution < -0.4 is 10.2 Å². The Hall–Kier alpha value is -3.42. The molecule has 0 saturated heterocycles. The molecule has 8 nitrogen and oxygen atoms in total. The molecule has 0 bridgehead atoms. The van der Waals surface area contributed by atoms with Gasteiger partial charge in [0.25, 0.3) is 11.6 Å². The SMILES string of the molecule is COc1cc(C)ccc1C(=O)N/N=C\c1cc([N+](=O)[O-])ccc1O. The molecule has 0 unspecified atom stereocenters. The van der Waals surface area contributed by atoms with E-state index in [0.717, 1.165) is 17.8 Å². The predicted octanol–water partition coefficient (Wildman–Crippen LogP) is 2.38. The summed E-state index contributed by atoms with van der Waals surface area (Å²) in [6, 6.07) is 8.58. The van der Waals surface area contributed by atoms with E-state index in [4.69, 9.17) is 4.74 Å². The van der Waals surface area contributed by atoms with Gasteiger partial charge in [-0.25, -0.2) is 5.43 Å². The quantitative estimate of drug-likeness (QED) is 0.496. The predicted molar refractivity (Wildman–Crippen MR) is 87.6 cm³/mol. The van der Waals surface area contributed by atoms with Crippen molar-refractivity contribution in [2.75, 3.05) is 7.11 Å². The number of nitro groups is 1. The Balaban J connectivity index is 2.16. The van der Waals surface area contributed by atoms with Gasteiger partial charge in [0.15, 0.2) is 0 Å². The van der Waals surface area contributed by atoms with Crippen LogP contribution in [0.5, 0.6) is 11.5 Å². The molecule has 2 rings (SSSR count). The van der Waals surface area contributed by atoms with Crippen molar-refractivity contribution in [3.63, 3.8) is 0 Å². The van der Waals surface area contributed by atoms with Crippen LogP contribution in [0.4, 0.5) is 5.69 Å². The van der Waals surface area contributed by atoms with Gasteiger partial charge in [-0.1, -0.05) is 6.07 Å². The molecule has 0 heterocycles. The van der Waals surface area contributed by atoms with E-state index >= 15 is 0 Å². The van der Waals surface area contributed by atoms with Crippen LogP contribution in [0.15, 0.2) is 41.5 Å². The molecule has 0 atom stereocenters. The Morgan fingerprint density at radius 2 is 2.08 bits per heavy atom. The molecule has 0 aliphatic carbocycles. The average molecular weight is 329 g/mol. The van der Waals surface area contributed by atoms with Crippen molar-refractivity contribution in [2.45, 2.75) is 6.92 Å².